The number of hydrogen-bond acceptors (Lipinski definition) is 2. The Morgan fingerprint density at radius 3 is 2.69 bits per heavy atom. The smallest absolute Gasteiger partial charge is 0.104 e. The molecule has 2 nitrogen and oxygen atoms in total. The molecule has 2 aliphatic rings. The zero-order valence-electron chi connectivity index (χ0n) is 7.78. The van der Waals surface area contributed by atoms with Gasteiger partial charge in [0.05, 0.1) is 12.2 Å². The van der Waals surface area contributed by atoms with Gasteiger partial charge < -0.3 is 4.74 Å². The molecule has 2 heteroatoms. The van der Waals surface area contributed by atoms with Gasteiger partial charge in [-0.15, -0.1) is 0 Å². The highest BCUT2D eigenvalue weighted by Gasteiger charge is 2.42. The van der Waals surface area contributed by atoms with Crippen molar-refractivity contribution < 1.29 is 4.74 Å². The third-order valence-corrected chi connectivity index (χ3v) is 3.04. The number of nitrogens with zero attached hydrogens (tertiary/aromatic N) is 1. The van der Waals surface area contributed by atoms with Gasteiger partial charge in [-0.05, 0) is 24.8 Å². The van der Waals surface area contributed by atoms with Crippen LogP contribution in [0.15, 0.2) is 12.2 Å². The SMILES string of the molecule is N#C/C=C/[C@H]1O[C@@H]1C1CCCCC1. The Balaban J connectivity index is 1.78. The summed E-state index contributed by atoms with van der Waals surface area (Å²) in [6, 6.07) is 2.00. The van der Waals surface area contributed by atoms with E-state index in [9.17, 15) is 0 Å². The average Bonchev–Trinajstić information content (AvgIpc) is 2.95. The highest BCUT2D eigenvalue weighted by atomic mass is 16.6. The van der Waals surface area contributed by atoms with Crippen LogP contribution in [0.5, 0.6) is 0 Å². The van der Waals surface area contributed by atoms with E-state index in [1.54, 1.807) is 0 Å². The molecule has 0 radical (unpaired) electrons. The zero-order chi connectivity index (χ0) is 9.10. The first-order valence-corrected chi connectivity index (χ1v) is 5.13. The van der Waals surface area contributed by atoms with Gasteiger partial charge in [-0.2, -0.15) is 5.26 Å². The minimum atomic E-state index is 0.253. The van der Waals surface area contributed by atoms with Gasteiger partial charge in [0.15, 0.2) is 0 Å². The fourth-order valence-corrected chi connectivity index (χ4v) is 2.27. The van der Waals surface area contributed by atoms with E-state index in [-0.39, 0.29) is 6.10 Å². The summed E-state index contributed by atoms with van der Waals surface area (Å²) in [5, 5.41) is 8.35. The lowest BCUT2D eigenvalue weighted by Crippen LogP contribution is -2.13. The number of hydrogen-bond donors (Lipinski definition) is 0. The molecule has 0 amide bonds. The second-order valence-corrected chi connectivity index (χ2v) is 3.95. The Bertz CT molecular complexity index is 235. The van der Waals surface area contributed by atoms with E-state index in [0.717, 1.165) is 5.92 Å². The molecule has 1 aliphatic heterocycles. The number of epoxide rings is 1. The van der Waals surface area contributed by atoms with Crippen molar-refractivity contribution in [2.24, 2.45) is 5.92 Å². The van der Waals surface area contributed by atoms with Gasteiger partial charge in [0.25, 0.3) is 0 Å². The van der Waals surface area contributed by atoms with Crippen LogP contribution in [0.1, 0.15) is 32.1 Å². The van der Waals surface area contributed by atoms with E-state index in [1.165, 1.54) is 38.2 Å². The number of allylic oxidation sites excluding steroid dienone is 1. The third kappa shape index (κ3) is 2.10. The topological polar surface area (TPSA) is 36.3 Å². The molecule has 0 spiro atoms. The fourth-order valence-electron chi connectivity index (χ4n) is 2.27. The minimum absolute atomic E-state index is 0.253. The third-order valence-electron chi connectivity index (χ3n) is 3.04. The molecule has 0 aromatic heterocycles. The van der Waals surface area contributed by atoms with E-state index >= 15 is 0 Å². The van der Waals surface area contributed by atoms with Crippen LogP contribution in [0.3, 0.4) is 0 Å². The van der Waals surface area contributed by atoms with Crippen LogP contribution in [0.25, 0.3) is 0 Å². The summed E-state index contributed by atoms with van der Waals surface area (Å²) in [4.78, 5) is 0. The maximum atomic E-state index is 8.35. The molecule has 2 atom stereocenters. The first kappa shape index (κ1) is 8.77. The minimum Gasteiger partial charge on any atom is -0.365 e. The largest absolute Gasteiger partial charge is 0.365 e. The summed E-state index contributed by atoms with van der Waals surface area (Å²) >= 11 is 0. The molecule has 2 rings (SSSR count). The molecule has 1 aliphatic carbocycles. The summed E-state index contributed by atoms with van der Waals surface area (Å²) in [6.45, 7) is 0. The molecule has 1 saturated carbocycles. The van der Waals surface area contributed by atoms with Crippen molar-refractivity contribution in [3.8, 4) is 6.07 Å². The van der Waals surface area contributed by atoms with Gasteiger partial charge in [-0.3, -0.25) is 0 Å². The molecule has 2 fully saturated rings. The number of rotatable bonds is 2. The van der Waals surface area contributed by atoms with Gasteiger partial charge in [0, 0.05) is 6.08 Å². The van der Waals surface area contributed by atoms with Crippen LogP contribution in [0, 0.1) is 17.2 Å². The van der Waals surface area contributed by atoms with Crippen LogP contribution in [0.2, 0.25) is 0 Å². The Labute approximate surface area is 79.2 Å². The van der Waals surface area contributed by atoms with E-state index in [0.29, 0.717) is 6.10 Å². The Kier molecular flexibility index (Phi) is 2.65. The Morgan fingerprint density at radius 2 is 2.00 bits per heavy atom. The standard InChI is InChI=1S/C11H15NO/c12-8-4-7-10-11(13-10)9-5-2-1-3-6-9/h4,7,9-11H,1-3,5-6H2/b7-4+/t10-,11-/m1/s1. The molecule has 13 heavy (non-hydrogen) atoms. The van der Waals surface area contributed by atoms with Crippen molar-refractivity contribution in [1.82, 2.24) is 0 Å². The number of ether oxygens (including phenoxy) is 1. The summed E-state index contributed by atoms with van der Waals surface area (Å²) in [5.41, 5.74) is 0. The van der Waals surface area contributed by atoms with Crippen molar-refractivity contribution in [2.75, 3.05) is 0 Å². The van der Waals surface area contributed by atoms with E-state index in [4.69, 9.17) is 10.00 Å². The molecule has 0 aromatic rings. The normalized spacial score (nSPS) is 34.7. The maximum absolute atomic E-state index is 8.35. The lowest BCUT2D eigenvalue weighted by Gasteiger charge is -2.19. The van der Waals surface area contributed by atoms with Crippen molar-refractivity contribution in [3.05, 3.63) is 12.2 Å². The molecule has 0 bridgehead atoms. The van der Waals surface area contributed by atoms with Gasteiger partial charge in [0.2, 0.25) is 0 Å². The van der Waals surface area contributed by atoms with Gasteiger partial charge in [-0.1, -0.05) is 19.3 Å². The summed E-state index contributed by atoms with van der Waals surface area (Å²) in [6.07, 6.45) is 10.9. The number of nitriles is 1. The van der Waals surface area contributed by atoms with Crippen molar-refractivity contribution in [2.45, 2.75) is 44.3 Å². The summed E-state index contributed by atoms with van der Waals surface area (Å²) in [7, 11) is 0. The monoisotopic (exact) mass is 177 g/mol. The molecule has 0 unspecified atom stereocenters. The van der Waals surface area contributed by atoms with Crippen LogP contribution in [-0.4, -0.2) is 12.2 Å². The van der Waals surface area contributed by atoms with E-state index < -0.39 is 0 Å². The highest BCUT2D eigenvalue weighted by Crippen LogP contribution is 2.38. The van der Waals surface area contributed by atoms with Gasteiger partial charge >= 0.3 is 0 Å². The maximum Gasteiger partial charge on any atom is 0.104 e. The molecule has 1 saturated heterocycles. The van der Waals surface area contributed by atoms with E-state index in [2.05, 4.69) is 0 Å². The molecule has 0 N–H and O–H groups in total. The zero-order valence-corrected chi connectivity index (χ0v) is 7.78. The van der Waals surface area contributed by atoms with Crippen LogP contribution < -0.4 is 0 Å². The molecule has 0 aromatic carbocycles. The Hall–Kier alpha value is -0.810. The Morgan fingerprint density at radius 1 is 1.23 bits per heavy atom. The van der Waals surface area contributed by atoms with Crippen molar-refractivity contribution in [3.63, 3.8) is 0 Å². The van der Waals surface area contributed by atoms with Gasteiger partial charge in [-0.25, -0.2) is 0 Å². The van der Waals surface area contributed by atoms with Crippen LogP contribution in [-0.2, 0) is 4.74 Å². The van der Waals surface area contributed by atoms with Crippen LogP contribution in [0.4, 0.5) is 0 Å². The predicted octanol–water partition coefficient (Wildman–Crippen LogP) is 2.41. The van der Waals surface area contributed by atoms with Gasteiger partial charge in [0.1, 0.15) is 6.10 Å². The summed E-state index contributed by atoms with van der Waals surface area (Å²) in [5.74, 6) is 0.766. The lowest BCUT2D eigenvalue weighted by molar-refractivity contribution is 0.264. The van der Waals surface area contributed by atoms with Crippen molar-refractivity contribution >= 4 is 0 Å². The second-order valence-electron chi connectivity index (χ2n) is 3.95. The average molecular weight is 177 g/mol. The van der Waals surface area contributed by atoms with E-state index in [1.807, 2.05) is 12.1 Å². The quantitative estimate of drug-likeness (QED) is 0.479. The molecular weight excluding hydrogens is 162 g/mol. The molecule has 1 heterocycles. The molecular formula is C11H15NO. The predicted molar refractivity (Wildman–Crippen MR) is 50.0 cm³/mol. The van der Waals surface area contributed by atoms with Crippen molar-refractivity contribution in [1.29, 1.82) is 5.26 Å². The van der Waals surface area contributed by atoms with Crippen LogP contribution >= 0.6 is 0 Å². The second kappa shape index (κ2) is 3.93. The summed E-state index contributed by atoms with van der Waals surface area (Å²) < 4.78 is 5.52. The highest BCUT2D eigenvalue weighted by molar-refractivity contribution is 5.12. The fraction of sp³-hybridized carbons (Fsp3) is 0.727. The first-order valence-electron chi connectivity index (χ1n) is 5.13. The first-order chi connectivity index (χ1) is 6.42. The molecule has 70 valence electrons. The lowest BCUT2D eigenvalue weighted by atomic mass is 9.86.